The normalized spacial score (nSPS) is 14.8. The number of hydrogen-bond donors (Lipinski definition) is 1. The molecule has 0 spiro atoms. The fraction of sp³-hybridized carbons (Fsp3) is 0.786. The molecular weight excluding hydrogens is 210 g/mol. The van der Waals surface area contributed by atoms with Crippen molar-refractivity contribution in [1.82, 2.24) is 14.9 Å². The van der Waals surface area contributed by atoms with Gasteiger partial charge in [-0.25, -0.2) is 4.98 Å². The molecule has 0 amide bonds. The van der Waals surface area contributed by atoms with Crippen LogP contribution in [0.3, 0.4) is 0 Å². The van der Waals surface area contributed by atoms with E-state index < -0.39 is 0 Å². The van der Waals surface area contributed by atoms with Crippen LogP contribution in [0.25, 0.3) is 0 Å². The molecule has 0 saturated heterocycles. The number of nitrogens with one attached hydrogen (secondary N) is 1. The lowest BCUT2D eigenvalue weighted by Crippen LogP contribution is -2.30. The molecule has 0 radical (unpaired) electrons. The Hall–Kier alpha value is -0.830. The number of aromatic nitrogens is 2. The zero-order valence-corrected chi connectivity index (χ0v) is 11.7. The first-order valence-electron chi connectivity index (χ1n) is 6.98. The second kappa shape index (κ2) is 7.49. The second-order valence-electron chi connectivity index (χ2n) is 4.80. The summed E-state index contributed by atoms with van der Waals surface area (Å²) in [5, 5.41) is 3.64. The number of rotatable bonds is 8. The average Bonchev–Trinajstić information content (AvgIpc) is 2.78. The Morgan fingerprint density at radius 1 is 1.29 bits per heavy atom. The summed E-state index contributed by atoms with van der Waals surface area (Å²) in [5.74, 6) is 1.83. The van der Waals surface area contributed by atoms with Gasteiger partial charge in [-0.3, -0.25) is 0 Å². The van der Waals surface area contributed by atoms with Crippen molar-refractivity contribution in [1.29, 1.82) is 0 Å². The third-order valence-corrected chi connectivity index (χ3v) is 3.32. The summed E-state index contributed by atoms with van der Waals surface area (Å²) in [6, 6.07) is 0.390. The van der Waals surface area contributed by atoms with Gasteiger partial charge in [0.1, 0.15) is 5.82 Å². The Morgan fingerprint density at radius 2 is 2.06 bits per heavy atom. The van der Waals surface area contributed by atoms with E-state index in [0.717, 1.165) is 19.5 Å². The predicted molar refractivity (Wildman–Crippen MR) is 73.0 cm³/mol. The van der Waals surface area contributed by atoms with Crippen molar-refractivity contribution in [3.8, 4) is 0 Å². The Balaban J connectivity index is 2.83. The van der Waals surface area contributed by atoms with Crippen LogP contribution in [0.1, 0.15) is 58.8 Å². The molecule has 1 rings (SSSR count). The van der Waals surface area contributed by atoms with Crippen LogP contribution >= 0.6 is 0 Å². The average molecular weight is 237 g/mol. The first-order valence-corrected chi connectivity index (χ1v) is 6.98. The summed E-state index contributed by atoms with van der Waals surface area (Å²) in [7, 11) is 0. The van der Waals surface area contributed by atoms with Crippen molar-refractivity contribution in [3.05, 3.63) is 18.2 Å². The summed E-state index contributed by atoms with van der Waals surface area (Å²) in [6.45, 7) is 11.1. The molecule has 3 nitrogen and oxygen atoms in total. The van der Waals surface area contributed by atoms with E-state index in [-0.39, 0.29) is 0 Å². The van der Waals surface area contributed by atoms with Gasteiger partial charge in [-0.15, -0.1) is 0 Å². The molecule has 98 valence electrons. The topological polar surface area (TPSA) is 29.9 Å². The van der Waals surface area contributed by atoms with Gasteiger partial charge in [-0.05, 0) is 25.3 Å². The molecule has 3 heteroatoms. The van der Waals surface area contributed by atoms with Crippen molar-refractivity contribution < 1.29 is 0 Å². The molecule has 0 fully saturated rings. The van der Waals surface area contributed by atoms with E-state index in [1.165, 1.54) is 18.7 Å². The molecule has 2 unspecified atom stereocenters. The maximum Gasteiger partial charge on any atom is 0.126 e. The van der Waals surface area contributed by atoms with Crippen molar-refractivity contribution in [2.24, 2.45) is 5.92 Å². The molecule has 0 bridgehead atoms. The molecule has 1 aromatic rings. The fourth-order valence-electron chi connectivity index (χ4n) is 2.11. The molecule has 0 aliphatic carbocycles. The Labute approximate surface area is 106 Å². The fourth-order valence-corrected chi connectivity index (χ4v) is 2.11. The van der Waals surface area contributed by atoms with Crippen LogP contribution in [-0.4, -0.2) is 16.1 Å². The van der Waals surface area contributed by atoms with Gasteiger partial charge >= 0.3 is 0 Å². The quantitative estimate of drug-likeness (QED) is 0.751. The SMILES string of the molecule is CCCNC(c1nccn1CCC)C(C)CC. The van der Waals surface area contributed by atoms with Gasteiger partial charge in [-0.2, -0.15) is 0 Å². The molecular formula is C14H27N3. The van der Waals surface area contributed by atoms with Gasteiger partial charge in [-0.1, -0.05) is 34.1 Å². The molecule has 0 aromatic carbocycles. The van der Waals surface area contributed by atoms with E-state index in [9.17, 15) is 0 Å². The molecule has 0 aliphatic rings. The summed E-state index contributed by atoms with van der Waals surface area (Å²) in [4.78, 5) is 4.56. The first kappa shape index (κ1) is 14.2. The Morgan fingerprint density at radius 3 is 2.65 bits per heavy atom. The number of aryl methyl sites for hydroxylation is 1. The van der Waals surface area contributed by atoms with E-state index in [1.807, 2.05) is 6.20 Å². The van der Waals surface area contributed by atoms with E-state index in [0.29, 0.717) is 12.0 Å². The highest BCUT2D eigenvalue weighted by Gasteiger charge is 2.21. The van der Waals surface area contributed by atoms with Gasteiger partial charge < -0.3 is 9.88 Å². The van der Waals surface area contributed by atoms with Crippen LogP contribution in [-0.2, 0) is 6.54 Å². The highest BCUT2D eigenvalue weighted by Crippen LogP contribution is 2.23. The zero-order chi connectivity index (χ0) is 12.7. The van der Waals surface area contributed by atoms with Gasteiger partial charge in [0.2, 0.25) is 0 Å². The number of imidazole rings is 1. The van der Waals surface area contributed by atoms with Crippen LogP contribution in [0, 0.1) is 5.92 Å². The molecule has 2 atom stereocenters. The highest BCUT2D eigenvalue weighted by molar-refractivity contribution is 5.01. The van der Waals surface area contributed by atoms with Gasteiger partial charge in [0.25, 0.3) is 0 Å². The van der Waals surface area contributed by atoms with E-state index in [2.05, 4.69) is 48.8 Å². The summed E-state index contributed by atoms with van der Waals surface area (Å²) >= 11 is 0. The standard InChI is InChI=1S/C14H27N3/c1-5-8-15-13(12(4)7-3)14-16-9-11-17(14)10-6-2/h9,11-13,15H,5-8,10H2,1-4H3. The lowest BCUT2D eigenvalue weighted by Gasteiger charge is -2.24. The molecule has 1 aromatic heterocycles. The van der Waals surface area contributed by atoms with Gasteiger partial charge in [0, 0.05) is 18.9 Å². The Kier molecular flexibility index (Phi) is 6.27. The van der Waals surface area contributed by atoms with E-state index in [1.54, 1.807) is 0 Å². The van der Waals surface area contributed by atoms with Crippen LogP contribution in [0.4, 0.5) is 0 Å². The van der Waals surface area contributed by atoms with Crippen molar-refractivity contribution in [2.75, 3.05) is 6.54 Å². The lowest BCUT2D eigenvalue weighted by molar-refractivity contribution is 0.350. The van der Waals surface area contributed by atoms with E-state index >= 15 is 0 Å². The van der Waals surface area contributed by atoms with Crippen LogP contribution in [0.2, 0.25) is 0 Å². The predicted octanol–water partition coefficient (Wildman–Crippen LogP) is 3.38. The maximum absolute atomic E-state index is 4.56. The van der Waals surface area contributed by atoms with Gasteiger partial charge in [0.15, 0.2) is 0 Å². The van der Waals surface area contributed by atoms with Crippen molar-refractivity contribution in [2.45, 2.75) is 59.5 Å². The maximum atomic E-state index is 4.56. The van der Waals surface area contributed by atoms with Crippen LogP contribution in [0.5, 0.6) is 0 Å². The van der Waals surface area contributed by atoms with Crippen molar-refractivity contribution >= 4 is 0 Å². The third-order valence-electron chi connectivity index (χ3n) is 3.32. The largest absolute Gasteiger partial charge is 0.334 e. The van der Waals surface area contributed by atoms with Gasteiger partial charge in [0.05, 0.1) is 6.04 Å². The Bertz CT molecular complexity index is 306. The molecule has 0 aliphatic heterocycles. The van der Waals surface area contributed by atoms with Crippen LogP contribution in [0.15, 0.2) is 12.4 Å². The smallest absolute Gasteiger partial charge is 0.126 e. The molecule has 17 heavy (non-hydrogen) atoms. The number of nitrogens with zero attached hydrogens (tertiary/aromatic N) is 2. The van der Waals surface area contributed by atoms with Crippen molar-refractivity contribution in [3.63, 3.8) is 0 Å². The molecule has 0 saturated carbocycles. The third kappa shape index (κ3) is 3.84. The zero-order valence-electron chi connectivity index (χ0n) is 11.7. The highest BCUT2D eigenvalue weighted by atomic mass is 15.1. The summed E-state index contributed by atoms with van der Waals surface area (Å²) in [5.41, 5.74) is 0. The minimum atomic E-state index is 0.390. The second-order valence-corrected chi connectivity index (χ2v) is 4.80. The first-order chi connectivity index (χ1) is 8.24. The summed E-state index contributed by atoms with van der Waals surface area (Å²) in [6.07, 6.45) is 7.53. The minimum Gasteiger partial charge on any atom is -0.334 e. The molecule has 1 N–H and O–H groups in total. The minimum absolute atomic E-state index is 0.390. The lowest BCUT2D eigenvalue weighted by atomic mass is 9.98. The van der Waals surface area contributed by atoms with E-state index in [4.69, 9.17) is 0 Å². The summed E-state index contributed by atoms with van der Waals surface area (Å²) < 4.78 is 2.29. The number of hydrogen-bond acceptors (Lipinski definition) is 2. The monoisotopic (exact) mass is 237 g/mol. The van der Waals surface area contributed by atoms with Crippen LogP contribution < -0.4 is 5.32 Å². The molecule has 1 heterocycles.